The van der Waals surface area contributed by atoms with E-state index in [-0.39, 0.29) is 19.0 Å². The fourth-order valence-corrected chi connectivity index (χ4v) is 5.15. The van der Waals surface area contributed by atoms with E-state index in [1.807, 2.05) is 0 Å². The monoisotopic (exact) mass is 586 g/mol. The first-order chi connectivity index (χ1) is 20.2. The predicted octanol–water partition coefficient (Wildman–Crippen LogP) is 7.79. The molecule has 0 atom stereocenters. The van der Waals surface area contributed by atoms with Crippen molar-refractivity contribution in [3.8, 4) is 5.75 Å². The number of alkyl halides is 2. The summed E-state index contributed by atoms with van der Waals surface area (Å²) in [5.74, 6) is -1.04. The molecule has 1 aliphatic rings. The van der Waals surface area contributed by atoms with Crippen molar-refractivity contribution in [3.63, 3.8) is 0 Å². The molecule has 0 aliphatic heterocycles. The van der Waals surface area contributed by atoms with Crippen LogP contribution in [0.25, 0.3) is 6.08 Å². The molecule has 0 radical (unpaired) electrons. The van der Waals surface area contributed by atoms with Crippen LogP contribution in [-0.4, -0.2) is 31.3 Å². The number of nitrogen functional groups attached to an aromatic ring is 2. The standard InChI is InChI=1S/C33H44F2N2O5/c1-2-3-8-24-9-14-27(15-10-24)33(34,35)42-30-16-11-25(12-17-30)13-18-31(38)40-19-6-4-5-7-20-41-32(39)26-21-28(36)23-29(37)22-26/h11-13,16-18,21-24,27H,2-10,14-15,19-20,36-37H2,1H3. The van der Waals surface area contributed by atoms with Gasteiger partial charge in [-0.15, -0.1) is 0 Å². The molecule has 7 nitrogen and oxygen atoms in total. The number of hydrogen-bond donors (Lipinski definition) is 2. The average Bonchev–Trinajstić information content (AvgIpc) is 2.96. The van der Waals surface area contributed by atoms with Crippen LogP contribution in [0.1, 0.15) is 93.5 Å². The molecule has 0 amide bonds. The fraction of sp³-hybridized carbons (Fsp3) is 0.515. The van der Waals surface area contributed by atoms with Crippen LogP contribution in [0.4, 0.5) is 20.2 Å². The van der Waals surface area contributed by atoms with Crippen molar-refractivity contribution < 1.29 is 32.6 Å². The maximum absolute atomic E-state index is 14.8. The SMILES string of the molecule is CCCCC1CCC(C(F)(F)Oc2ccc(C=CC(=O)OCCCCCCOC(=O)c3cc(N)cc(N)c3)cc2)CC1. The first-order valence-electron chi connectivity index (χ1n) is 15.0. The predicted molar refractivity (Wildman–Crippen MR) is 161 cm³/mol. The minimum atomic E-state index is -3.20. The van der Waals surface area contributed by atoms with Crippen LogP contribution in [0, 0.1) is 11.8 Å². The second-order valence-electron chi connectivity index (χ2n) is 11.0. The molecule has 4 N–H and O–H groups in total. The number of esters is 2. The van der Waals surface area contributed by atoms with E-state index in [0.717, 1.165) is 44.9 Å². The second kappa shape index (κ2) is 16.7. The Bertz CT molecular complexity index is 1140. The van der Waals surface area contributed by atoms with Gasteiger partial charge in [0.15, 0.2) is 0 Å². The highest BCUT2D eigenvalue weighted by Crippen LogP contribution is 2.41. The molecule has 0 saturated heterocycles. The summed E-state index contributed by atoms with van der Waals surface area (Å²) in [6.45, 7) is 2.70. The van der Waals surface area contributed by atoms with Crippen LogP contribution < -0.4 is 16.2 Å². The molecule has 2 aromatic rings. The molecule has 0 aromatic heterocycles. The maximum atomic E-state index is 14.8. The molecule has 1 fully saturated rings. The zero-order valence-electron chi connectivity index (χ0n) is 24.5. The van der Waals surface area contributed by atoms with Gasteiger partial charge in [-0.25, -0.2) is 9.59 Å². The number of benzene rings is 2. The van der Waals surface area contributed by atoms with E-state index in [2.05, 4.69) is 6.92 Å². The molecule has 42 heavy (non-hydrogen) atoms. The summed E-state index contributed by atoms with van der Waals surface area (Å²) in [6.07, 6.45) is 8.74. The lowest BCUT2D eigenvalue weighted by Crippen LogP contribution is -2.37. The Morgan fingerprint density at radius 3 is 2.12 bits per heavy atom. The third-order valence-electron chi connectivity index (χ3n) is 7.56. The van der Waals surface area contributed by atoms with Gasteiger partial charge in [0.25, 0.3) is 0 Å². The number of carbonyl (C=O) groups excluding carboxylic acids is 2. The van der Waals surface area contributed by atoms with Crippen molar-refractivity contribution >= 4 is 29.4 Å². The van der Waals surface area contributed by atoms with E-state index in [1.54, 1.807) is 24.3 Å². The Morgan fingerprint density at radius 2 is 1.50 bits per heavy atom. The van der Waals surface area contributed by atoms with Gasteiger partial charge < -0.3 is 25.7 Å². The van der Waals surface area contributed by atoms with Gasteiger partial charge in [-0.3, -0.25) is 0 Å². The lowest BCUT2D eigenvalue weighted by atomic mass is 9.79. The van der Waals surface area contributed by atoms with Crippen LogP contribution >= 0.6 is 0 Å². The van der Waals surface area contributed by atoms with Gasteiger partial charge >= 0.3 is 18.0 Å². The van der Waals surface area contributed by atoms with Crippen LogP contribution in [0.5, 0.6) is 5.75 Å². The Morgan fingerprint density at radius 1 is 0.881 bits per heavy atom. The van der Waals surface area contributed by atoms with Crippen molar-refractivity contribution in [2.24, 2.45) is 11.8 Å². The largest absolute Gasteiger partial charge is 0.463 e. The van der Waals surface area contributed by atoms with Gasteiger partial charge in [0.2, 0.25) is 0 Å². The van der Waals surface area contributed by atoms with E-state index in [1.165, 1.54) is 30.3 Å². The molecule has 0 unspecified atom stereocenters. The maximum Gasteiger partial charge on any atom is 0.400 e. The minimum absolute atomic E-state index is 0.108. The molecule has 3 rings (SSSR count). The number of carbonyl (C=O) groups is 2. The lowest BCUT2D eigenvalue weighted by molar-refractivity contribution is -0.223. The number of anilines is 2. The van der Waals surface area contributed by atoms with Gasteiger partial charge in [0.1, 0.15) is 5.75 Å². The first-order valence-corrected chi connectivity index (χ1v) is 15.0. The minimum Gasteiger partial charge on any atom is -0.463 e. The number of unbranched alkanes of at least 4 members (excludes halogenated alkanes) is 4. The number of nitrogens with two attached hydrogens (primary N) is 2. The van der Waals surface area contributed by atoms with Crippen molar-refractivity contribution in [1.29, 1.82) is 0 Å². The average molecular weight is 587 g/mol. The quantitative estimate of drug-likeness (QED) is 0.0893. The molecular formula is C33H44F2N2O5. The highest BCUT2D eigenvalue weighted by molar-refractivity contribution is 5.91. The summed E-state index contributed by atoms with van der Waals surface area (Å²) in [4.78, 5) is 24.1. The number of ether oxygens (including phenoxy) is 3. The van der Waals surface area contributed by atoms with Gasteiger partial charge in [-0.2, -0.15) is 8.78 Å². The normalized spacial score (nSPS) is 17.2. The molecule has 1 aliphatic carbocycles. The second-order valence-corrected chi connectivity index (χ2v) is 11.0. The number of rotatable bonds is 16. The zero-order chi connectivity index (χ0) is 30.4. The molecule has 0 heterocycles. The Labute approximate surface area is 247 Å². The molecular weight excluding hydrogens is 542 g/mol. The van der Waals surface area contributed by atoms with Crippen molar-refractivity contribution in [2.45, 2.75) is 83.7 Å². The molecule has 1 saturated carbocycles. The highest BCUT2D eigenvalue weighted by Gasteiger charge is 2.43. The molecule has 0 spiro atoms. The zero-order valence-corrected chi connectivity index (χ0v) is 24.5. The summed E-state index contributed by atoms with van der Waals surface area (Å²) in [5, 5.41) is 0. The van der Waals surface area contributed by atoms with Crippen LogP contribution in [-0.2, 0) is 14.3 Å². The third kappa shape index (κ3) is 11.3. The molecule has 0 bridgehead atoms. The van der Waals surface area contributed by atoms with Gasteiger partial charge in [-0.05, 0) is 99.3 Å². The fourth-order valence-electron chi connectivity index (χ4n) is 5.15. The first kappa shape index (κ1) is 32.9. The van der Waals surface area contributed by atoms with E-state index < -0.39 is 24.0 Å². The Balaban J connectivity index is 1.27. The van der Waals surface area contributed by atoms with Gasteiger partial charge in [0, 0.05) is 17.5 Å². The van der Waals surface area contributed by atoms with E-state index in [4.69, 9.17) is 25.7 Å². The Kier molecular flexibility index (Phi) is 13.1. The van der Waals surface area contributed by atoms with Gasteiger partial charge in [-0.1, -0.05) is 38.3 Å². The van der Waals surface area contributed by atoms with E-state index in [9.17, 15) is 18.4 Å². The molecule has 2 aromatic carbocycles. The molecule has 9 heteroatoms. The summed E-state index contributed by atoms with van der Waals surface area (Å²) >= 11 is 0. The van der Waals surface area contributed by atoms with Crippen LogP contribution in [0.15, 0.2) is 48.5 Å². The number of hydrogen-bond acceptors (Lipinski definition) is 7. The summed E-state index contributed by atoms with van der Waals surface area (Å²) < 4.78 is 45.1. The summed E-state index contributed by atoms with van der Waals surface area (Å²) in [6, 6.07) is 10.9. The van der Waals surface area contributed by atoms with Crippen molar-refractivity contribution in [3.05, 3.63) is 59.7 Å². The van der Waals surface area contributed by atoms with Crippen molar-refractivity contribution in [2.75, 3.05) is 24.7 Å². The summed E-state index contributed by atoms with van der Waals surface area (Å²) in [5.41, 5.74) is 13.2. The highest BCUT2D eigenvalue weighted by atomic mass is 19.3. The van der Waals surface area contributed by atoms with E-state index >= 15 is 0 Å². The lowest BCUT2D eigenvalue weighted by Gasteiger charge is -2.33. The van der Waals surface area contributed by atoms with Gasteiger partial charge in [0.05, 0.1) is 24.7 Å². The molecule has 230 valence electrons. The topological polar surface area (TPSA) is 114 Å². The number of halogens is 2. The Hall–Kier alpha value is -3.62. The summed E-state index contributed by atoms with van der Waals surface area (Å²) in [7, 11) is 0. The smallest absolute Gasteiger partial charge is 0.400 e. The van der Waals surface area contributed by atoms with E-state index in [0.29, 0.717) is 54.1 Å². The van der Waals surface area contributed by atoms with Crippen molar-refractivity contribution in [1.82, 2.24) is 0 Å². The van der Waals surface area contributed by atoms with Crippen LogP contribution in [0.2, 0.25) is 0 Å². The van der Waals surface area contributed by atoms with Crippen LogP contribution in [0.3, 0.4) is 0 Å². The third-order valence-corrected chi connectivity index (χ3v) is 7.56.